The SMILES string of the molecule is COC1CC2CCC1CN2. The molecular weight excluding hydrogens is 126 g/mol. The Labute approximate surface area is 61.9 Å². The van der Waals surface area contributed by atoms with E-state index in [4.69, 9.17) is 4.74 Å². The molecule has 2 saturated heterocycles. The molecule has 3 aliphatic rings. The third-order valence-corrected chi connectivity index (χ3v) is 2.90. The molecule has 2 aliphatic heterocycles. The van der Waals surface area contributed by atoms with E-state index in [1.807, 2.05) is 7.11 Å². The highest BCUT2D eigenvalue weighted by Gasteiger charge is 2.34. The molecule has 2 heterocycles. The number of methoxy groups -OCH3 is 1. The number of fused-ring (bicyclic) bond motifs is 3. The summed E-state index contributed by atoms with van der Waals surface area (Å²) in [5.41, 5.74) is 0. The fourth-order valence-corrected chi connectivity index (χ4v) is 2.22. The quantitative estimate of drug-likeness (QED) is 0.582. The second-order valence-electron chi connectivity index (χ2n) is 3.45. The van der Waals surface area contributed by atoms with Gasteiger partial charge in [0.05, 0.1) is 6.10 Å². The standard InChI is InChI=1S/C8H15NO/c1-10-8-4-7-3-2-6(8)5-9-7/h6-9H,2-5H2,1H3. The number of ether oxygens (including phenoxy) is 1. The zero-order valence-corrected chi connectivity index (χ0v) is 6.47. The largest absolute Gasteiger partial charge is 0.381 e. The average Bonchev–Trinajstić information content (AvgIpc) is 2.06. The van der Waals surface area contributed by atoms with E-state index in [0.717, 1.165) is 12.0 Å². The maximum Gasteiger partial charge on any atom is 0.0626 e. The second kappa shape index (κ2) is 2.51. The first kappa shape index (κ1) is 6.62. The zero-order valence-electron chi connectivity index (χ0n) is 6.47. The third-order valence-electron chi connectivity index (χ3n) is 2.90. The van der Waals surface area contributed by atoms with Gasteiger partial charge in [-0.2, -0.15) is 0 Å². The Kier molecular flexibility index (Phi) is 1.66. The predicted octanol–water partition coefficient (Wildman–Crippen LogP) is 0.773. The molecule has 3 unspecified atom stereocenters. The van der Waals surface area contributed by atoms with Gasteiger partial charge in [0, 0.05) is 19.7 Å². The summed E-state index contributed by atoms with van der Waals surface area (Å²) in [5, 5.41) is 3.50. The van der Waals surface area contributed by atoms with Crippen molar-refractivity contribution in [2.75, 3.05) is 13.7 Å². The number of hydrogen-bond acceptors (Lipinski definition) is 2. The van der Waals surface area contributed by atoms with Crippen LogP contribution < -0.4 is 5.32 Å². The summed E-state index contributed by atoms with van der Waals surface area (Å²) in [6, 6.07) is 0.759. The molecule has 0 amide bonds. The molecular formula is C8H15NO. The smallest absolute Gasteiger partial charge is 0.0626 e. The van der Waals surface area contributed by atoms with Crippen molar-refractivity contribution < 1.29 is 4.74 Å². The molecule has 0 aromatic heterocycles. The van der Waals surface area contributed by atoms with Crippen LogP contribution in [0.3, 0.4) is 0 Å². The minimum atomic E-state index is 0.556. The lowest BCUT2D eigenvalue weighted by molar-refractivity contribution is -0.0122. The molecule has 0 aromatic rings. The molecule has 2 heteroatoms. The van der Waals surface area contributed by atoms with Crippen molar-refractivity contribution in [3.8, 4) is 0 Å². The van der Waals surface area contributed by atoms with Crippen LogP contribution in [0.2, 0.25) is 0 Å². The summed E-state index contributed by atoms with van der Waals surface area (Å²) in [6.45, 7) is 1.18. The number of rotatable bonds is 1. The maximum atomic E-state index is 5.39. The van der Waals surface area contributed by atoms with Crippen molar-refractivity contribution >= 4 is 0 Å². The molecule has 58 valence electrons. The Morgan fingerprint density at radius 3 is 2.60 bits per heavy atom. The molecule has 1 aliphatic carbocycles. The molecule has 2 bridgehead atoms. The van der Waals surface area contributed by atoms with Crippen LogP contribution in [0.25, 0.3) is 0 Å². The van der Waals surface area contributed by atoms with Gasteiger partial charge in [-0.15, -0.1) is 0 Å². The molecule has 0 spiro atoms. The van der Waals surface area contributed by atoms with Gasteiger partial charge in [-0.25, -0.2) is 0 Å². The van der Waals surface area contributed by atoms with Crippen LogP contribution >= 0.6 is 0 Å². The average molecular weight is 141 g/mol. The van der Waals surface area contributed by atoms with Gasteiger partial charge in [0.1, 0.15) is 0 Å². The Morgan fingerprint density at radius 1 is 1.40 bits per heavy atom. The molecule has 3 rings (SSSR count). The Balaban J connectivity index is 2.01. The van der Waals surface area contributed by atoms with Crippen molar-refractivity contribution in [1.29, 1.82) is 0 Å². The van der Waals surface area contributed by atoms with Crippen LogP contribution in [0.4, 0.5) is 0 Å². The maximum absolute atomic E-state index is 5.39. The fourth-order valence-electron chi connectivity index (χ4n) is 2.22. The molecule has 3 fully saturated rings. The molecule has 1 saturated carbocycles. The van der Waals surface area contributed by atoms with Gasteiger partial charge >= 0.3 is 0 Å². The van der Waals surface area contributed by atoms with Crippen molar-refractivity contribution in [3.05, 3.63) is 0 Å². The highest BCUT2D eigenvalue weighted by molar-refractivity contribution is 4.91. The summed E-state index contributed by atoms with van der Waals surface area (Å²) < 4.78 is 5.39. The second-order valence-corrected chi connectivity index (χ2v) is 3.45. The lowest BCUT2D eigenvalue weighted by atomic mass is 9.79. The Bertz CT molecular complexity index is 118. The summed E-state index contributed by atoms with van der Waals surface area (Å²) >= 11 is 0. The number of hydrogen-bond donors (Lipinski definition) is 1. The Morgan fingerprint density at radius 2 is 2.30 bits per heavy atom. The monoisotopic (exact) mass is 141 g/mol. The van der Waals surface area contributed by atoms with Crippen molar-refractivity contribution in [1.82, 2.24) is 5.32 Å². The van der Waals surface area contributed by atoms with E-state index in [0.29, 0.717) is 6.10 Å². The van der Waals surface area contributed by atoms with Crippen molar-refractivity contribution in [2.45, 2.75) is 31.4 Å². The van der Waals surface area contributed by atoms with E-state index >= 15 is 0 Å². The summed E-state index contributed by atoms with van der Waals surface area (Å²) in [6.07, 6.45) is 4.53. The first-order valence-corrected chi connectivity index (χ1v) is 4.16. The molecule has 3 atom stereocenters. The van der Waals surface area contributed by atoms with Crippen molar-refractivity contribution in [2.24, 2.45) is 5.92 Å². The van der Waals surface area contributed by atoms with Gasteiger partial charge in [-0.3, -0.25) is 0 Å². The molecule has 0 radical (unpaired) electrons. The molecule has 0 aromatic carbocycles. The van der Waals surface area contributed by atoms with Crippen LogP contribution in [-0.4, -0.2) is 25.8 Å². The van der Waals surface area contributed by atoms with Gasteiger partial charge in [-0.1, -0.05) is 0 Å². The highest BCUT2D eigenvalue weighted by atomic mass is 16.5. The summed E-state index contributed by atoms with van der Waals surface area (Å²) in [4.78, 5) is 0. The third kappa shape index (κ3) is 0.956. The number of piperidine rings is 2. The van der Waals surface area contributed by atoms with Crippen LogP contribution in [0.1, 0.15) is 19.3 Å². The van der Waals surface area contributed by atoms with Crippen LogP contribution in [0, 0.1) is 5.92 Å². The number of nitrogens with one attached hydrogen (secondary N) is 1. The normalized spacial score (nSPS) is 45.9. The Hall–Kier alpha value is -0.0800. The first-order valence-electron chi connectivity index (χ1n) is 4.16. The van der Waals surface area contributed by atoms with Gasteiger partial charge in [0.2, 0.25) is 0 Å². The predicted molar refractivity (Wildman–Crippen MR) is 39.9 cm³/mol. The van der Waals surface area contributed by atoms with Crippen LogP contribution in [-0.2, 0) is 4.74 Å². The highest BCUT2D eigenvalue weighted by Crippen LogP contribution is 2.30. The van der Waals surface area contributed by atoms with Gasteiger partial charge in [0.15, 0.2) is 0 Å². The van der Waals surface area contributed by atoms with E-state index in [1.54, 1.807) is 0 Å². The van der Waals surface area contributed by atoms with Crippen LogP contribution in [0.15, 0.2) is 0 Å². The van der Waals surface area contributed by atoms with Gasteiger partial charge < -0.3 is 10.1 Å². The minimum absolute atomic E-state index is 0.556. The van der Waals surface area contributed by atoms with Crippen molar-refractivity contribution in [3.63, 3.8) is 0 Å². The van der Waals surface area contributed by atoms with E-state index in [9.17, 15) is 0 Å². The summed E-state index contributed by atoms with van der Waals surface area (Å²) in [7, 11) is 1.84. The lowest BCUT2D eigenvalue weighted by Crippen LogP contribution is -2.52. The van der Waals surface area contributed by atoms with Gasteiger partial charge in [-0.05, 0) is 25.2 Å². The van der Waals surface area contributed by atoms with E-state index in [1.165, 1.54) is 25.8 Å². The summed E-state index contributed by atoms with van der Waals surface area (Å²) in [5.74, 6) is 0.801. The minimum Gasteiger partial charge on any atom is -0.381 e. The van der Waals surface area contributed by atoms with E-state index < -0.39 is 0 Å². The van der Waals surface area contributed by atoms with E-state index in [2.05, 4.69) is 5.32 Å². The fraction of sp³-hybridized carbons (Fsp3) is 1.00. The molecule has 2 nitrogen and oxygen atoms in total. The zero-order chi connectivity index (χ0) is 6.97. The van der Waals surface area contributed by atoms with Crippen LogP contribution in [0.5, 0.6) is 0 Å². The molecule has 10 heavy (non-hydrogen) atoms. The van der Waals surface area contributed by atoms with Gasteiger partial charge in [0.25, 0.3) is 0 Å². The lowest BCUT2D eigenvalue weighted by Gasteiger charge is -2.42. The molecule has 1 N–H and O–H groups in total. The topological polar surface area (TPSA) is 21.3 Å². The first-order chi connectivity index (χ1) is 4.90. The van der Waals surface area contributed by atoms with E-state index in [-0.39, 0.29) is 0 Å².